The van der Waals surface area contributed by atoms with E-state index in [1.165, 1.54) is 205 Å². The quantitative estimate of drug-likeness (QED) is 0.0222. The van der Waals surface area contributed by atoms with Gasteiger partial charge < -0.3 is 33.8 Å². The van der Waals surface area contributed by atoms with E-state index in [9.17, 15) is 43.2 Å². The van der Waals surface area contributed by atoms with Crippen LogP contribution in [0.2, 0.25) is 0 Å². The lowest BCUT2D eigenvalue weighted by Crippen LogP contribution is -2.30. The van der Waals surface area contributed by atoms with Gasteiger partial charge in [-0.3, -0.25) is 37.3 Å². The van der Waals surface area contributed by atoms with Crippen molar-refractivity contribution in [1.29, 1.82) is 0 Å². The lowest BCUT2D eigenvalue weighted by atomic mass is 9.99. The number of phosphoric acid groups is 2. The third-order valence-electron chi connectivity index (χ3n) is 18.7. The van der Waals surface area contributed by atoms with Crippen LogP contribution in [0.5, 0.6) is 0 Å². The molecule has 19 heteroatoms. The number of phosphoric ester groups is 2. The zero-order chi connectivity index (χ0) is 72.4. The van der Waals surface area contributed by atoms with Gasteiger partial charge in [0.2, 0.25) is 0 Å². The van der Waals surface area contributed by atoms with Crippen molar-refractivity contribution in [3.63, 3.8) is 0 Å². The fourth-order valence-corrected chi connectivity index (χ4v) is 13.6. The fourth-order valence-electron chi connectivity index (χ4n) is 12.0. The van der Waals surface area contributed by atoms with Crippen LogP contribution in [0.1, 0.15) is 402 Å². The SMILES string of the molecule is CCC(C)CCCCCCCCCCCCC(=O)OC[C@H](COP(=O)(O)OC[C@@H](O)COP(=O)(O)OC[C@@H](COC(=O)CCCCCCCCCCCC(C)C)OC(=O)CCCCCCCCCCCCC(C)C)OC(=O)CCCCCCCCCCCCCCCCCCC(C)C. The normalized spacial score (nSPS) is 14.3. The Labute approximate surface area is 600 Å². The molecule has 98 heavy (non-hydrogen) atoms. The van der Waals surface area contributed by atoms with E-state index >= 15 is 0 Å². The third kappa shape index (κ3) is 71.1. The summed E-state index contributed by atoms with van der Waals surface area (Å²) in [7, 11) is -9.92. The van der Waals surface area contributed by atoms with Crippen molar-refractivity contribution in [3.05, 3.63) is 0 Å². The molecular formula is C79H154O17P2. The monoisotopic (exact) mass is 1440 g/mol. The standard InChI is InChI=1S/C79H154O17P2/c1-9-72(8)58-50-42-34-26-19-21-27-35-43-51-59-76(81)89-65-74(95-78(83)61-53-45-37-28-17-15-13-11-10-12-14-16-23-31-39-47-55-69(2)3)67-93-97(85,86)91-63-73(80)64-92-98(87,88)94-68-75(66-90-77(82)60-52-44-36-30-22-25-33-41-49-57-71(6)7)96-79(84)62-54-46-38-29-20-18-24-32-40-48-56-70(4)5/h69-75,80H,9-68H2,1-8H3,(H,85,86)(H,87,88)/t72?,73-,74-,75-/m1/s1. The first-order valence-corrected chi connectivity index (χ1v) is 43.7. The highest BCUT2D eigenvalue weighted by atomic mass is 31.2. The molecule has 0 heterocycles. The Morgan fingerprint density at radius 3 is 0.724 bits per heavy atom. The number of ether oxygens (including phenoxy) is 4. The largest absolute Gasteiger partial charge is 0.472 e. The van der Waals surface area contributed by atoms with Crippen molar-refractivity contribution in [2.45, 2.75) is 420 Å². The first kappa shape index (κ1) is 96.1. The average Bonchev–Trinajstić information content (AvgIpc) is 1.42. The van der Waals surface area contributed by atoms with Crippen LogP contribution in [-0.2, 0) is 65.4 Å². The third-order valence-corrected chi connectivity index (χ3v) is 20.6. The van der Waals surface area contributed by atoms with Crippen LogP contribution in [0.3, 0.4) is 0 Å². The Hall–Kier alpha value is -1.94. The van der Waals surface area contributed by atoms with Gasteiger partial charge in [-0.15, -0.1) is 0 Å². The number of rotatable bonds is 76. The summed E-state index contributed by atoms with van der Waals surface area (Å²) in [6, 6.07) is 0. The van der Waals surface area contributed by atoms with Gasteiger partial charge in [-0.1, -0.05) is 351 Å². The number of hydrogen-bond acceptors (Lipinski definition) is 15. The molecule has 0 aromatic carbocycles. The molecule has 0 aliphatic heterocycles. The first-order valence-electron chi connectivity index (χ1n) is 40.7. The van der Waals surface area contributed by atoms with Crippen LogP contribution in [0.25, 0.3) is 0 Å². The van der Waals surface area contributed by atoms with E-state index in [0.717, 1.165) is 114 Å². The van der Waals surface area contributed by atoms with E-state index in [-0.39, 0.29) is 25.7 Å². The second-order valence-corrected chi connectivity index (χ2v) is 33.0. The van der Waals surface area contributed by atoms with Gasteiger partial charge in [0.1, 0.15) is 19.3 Å². The fraction of sp³-hybridized carbons (Fsp3) is 0.949. The van der Waals surface area contributed by atoms with Crippen LogP contribution >= 0.6 is 15.6 Å². The van der Waals surface area contributed by atoms with Crippen LogP contribution < -0.4 is 0 Å². The minimum atomic E-state index is -4.96. The summed E-state index contributed by atoms with van der Waals surface area (Å²) in [6.07, 6.45) is 54.0. The molecular weight excluding hydrogens is 1280 g/mol. The van der Waals surface area contributed by atoms with Crippen molar-refractivity contribution < 1.29 is 80.2 Å². The van der Waals surface area contributed by atoms with Crippen molar-refractivity contribution >= 4 is 39.5 Å². The summed E-state index contributed by atoms with van der Waals surface area (Å²) in [5, 5.41) is 10.6. The van der Waals surface area contributed by atoms with E-state index in [4.69, 9.17) is 37.0 Å². The van der Waals surface area contributed by atoms with Gasteiger partial charge in [0.05, 0.1) is 26.4 Å². The van der Waals surface area contributed by atoms with Crippen molar-refractivity contribution in [2.75, 3.05) is 39.6 Å². The smallest absolute Gasteiger partial charge is 0.462 e. The molecule has 0 aromatic rings. The van der Waals surface area contributed by atoms with E-state index in [1.54, 1.807) is 0 Å². The first-order chi connectivity index (χ1) is 47.1. The number of carbonyl (C=O) groups excluding carboxylic acids is 4. The molecule has 0 aliphatic carbocycles. The molecule has 6 atom stereocenters. The highest BCUT2D eigenvalue weighted by molar-refractivity contribution is 7.47. The summed E-state index contributed by atoms with van der Waals surface area (Å²) in [6.45, 7) is 14.3. The topological polar surface area (TPSA) is 237 Å². The predicted molar refractivity (Wildman–Crippen MR) is 400 cm³/mol. The lowest BCUT2D eigenvalue weighted by Gasteiger charge is -2.21. The number of esters is 4. The van der Waals surface area contributed by atoms with Crippen LogP contribution in [-0.4, -0.2) is 96.7 Å². The molecule has 0 bridgehead atoms. The Kier molecular flexibility index (Phi) is 66.8. The van der Waals surface area contributed by atoms with Gasteiger partial charge in [0.15, 0.2) is 12.2 Å². The molecule has 3 N–H and O–H groups in total. The number of carbonyl (C=O) groups is 4. The molecule has 0 fully saturated rings. The van der Waals surface area contributed by atoms with Gasteiger partial charge >= 0.3 is 39.5 Å². The lowest BCUT2D eigenvalue weighted by molar-refractivity contribution is -0.161. The summed E-state index contributed by atoms with van der Waals surface area (Å²) < 4.78 is 68.7. The van der Waals surface area contributed by atoms with Gasteiger partial charge in [-0.05, 0) is 49.4 Å². The average molecular weight is 1440 g/mol. The van der Waals surface area contributed by atoms with E-state index in [1.807, 2.05) is 0 Å². The molecule has 0 amide bonds. The zero-order valence-corrected chi connectivity index (χ0v) is 66.2. The zero-order valence-electron chi connectivity index (χ0n) is 64.4. The van der Waals surface area contributed by atoms with Crippen LogP contribution in [0.4, 0.5) is 0 Å². The van der Waals surface area contributed by atoms with E-state index in [0.29, 0.717) is 25.7 Å². The highest BCUT2D eigenvalue weighted by Gasteiger charge is 2.30. The van der Waals surface area contributed by atoms with Gasteiger partial charge in [-0.2, -0.15) is 0 Å². The molecule has 582 valence electrons. The second-order valence-electron chi connectivity index (χ2n) is 30.1. The van der Waals surface area contributed by atoms with Gasteiger partial charge in [0.25, 0.3) is 0 Å². The molecule has 0 aliphatic rings. The molecule has 0 spiro atoms. The summed E-state index contributed by atoms with van der Waals surface area (Å²) in [5.41, 5.74) is 0. The van der Waals surface area contributed by atoms with Gasteiger partial charge in [-0.25, -0.2) is 9.13 Å². The molecule has 17 nitrogen and oxygen atoms in total. The van der Waals surface area contributed by atoms with E-state index < -0.39 is 97.5 Å². The Balaban J connectivity index is 5.26. The molecule has 0 rings (SSSR count). The Morgan fingerprint density at radius 1 is 0.286 bits per heavy atom. The number of hydrogen-bond donors (Lipinski definition) is 3. The molecule has 0 aromatic heterocycles. The maximum atomic E-state index is 13.1. The van der Waals surface area contributed by atoms with Crippen molar-refractivity contribution in [3.8, 4) is 0 Å². The summed E-state index contributed by atoms with van der Waals surface area (Å²) in [5.74, 6) is 0.998. The summed E-state index contributed by atoms with van der Waals surface area (Å²) >= 11 is 0. The van der Waals surface area contributed by atoms with Crippen molar-refractivity contribution in [2.24, 2.45) is 23.7 Å². The minimum absolute atomic E-state index is 0.105. The van der Waals surface area contributed by atoms with Gasteiger partial charge in [0, 0.05) is 25.7 Å². The van der Waals surface area contributed by atoms with Crippen LogP contribution in [0, 0.1) is 23.7 Å². The number of aliphatic hydroxyl groups is 1. The molecule has 0 saturated carbocycles. The number of unbranched alkanes of at least 4 members (excludes halogenated alkanes) is 41. The second kappa shape index (κ2) is 68.2. The summed E-state index contributed by atoms with van der Waals surface area (Å²) in [4.78, 5) is 73.0. The number of aliphatic hydroxyl groups excluding tert-OH is 1. The Morgan fingerprint density at radius 2 is 0.490 bits per heavy atom. The highest BCUT2D eigenvalue weighted by Crippen LogP contribution is 2.45. The molecule has 0 radical (unpaired) electrons. The maximum absolute atomic E-state index is 13.1. The minimum Gasteiger partial charge on any atom is -0.462 e. The van der Waals surface area contributed by atoms with Crippen molar-refractivity contribution in [1.82, 2.24) is 0 Å². The Bertz CT molecular complexity index is 1920. The predicted octanol–water partition coefficient (Wildman–Crippen LogP) is 23.2. The van der Waals surface area contributed by atoms with E-state index in [2.05, 4.69) is 55.4 Å². The molecule has 3 unspecified atom stereocenters. The molecule has 0 saturated heterocycles. The maximum Gasteiger partial charge on any atom is 0.472 e. The van der Waals surface area contributed by atoms with Crippen LogP contribution in [0.15, 0.2) is 0 Å².